The normalized spacial score (nSPS) is 27.2. The average molecular weight is 343 g/mol. The Morgan fingerprint density at radius 1 is 1.28 bits per heavy atom. The Bertz CT molecular complexity index is 404. The summed E-state index contributed by atoms with van der Waals surface area (Å²) >= 11 is 4.65. The summed E-state index contributed by atoms with van der Waals surface area (Å²) in [5.74, 6) is -2.10. The van der Waals surface area contributed by atoms with Crippen LogP contribution in [0.25, 0.3) is 0 Å². The highest BCUT2D eigenvalue weighted by Crippen LogP contribution is 2.47. The van der Waals surface area contributed by atoms with Gasteiger partial charge >= 0.3 is 6.18 Å². The summed E-state index contributed by atoms with van der Waals surface area (Å²) in [6, 6.07) is 0. The average Bonchev–Trinajstić information content (AvgIpc) is 2.73. The van der Waals surface area contributed by atoms with Crippen molar-refractivity contribution in [3.05, 3.63) is 20.8 Å². The fourth-order valence-corrected chi connectivity index (χ4v) is 4.24. The zero-order valence-electron chi connectivity index (χ0n) is 9.58. The fourth-order valence-electron chi connectivity index (χ4n) is 2.68. The minimum absolute atomic E-state index is 0.132. The second kappa shape index (κ2) is 5.51. The van der Waals surface area contributed by atoms with Crippen LogP contribution in [0.2, 0.25) is 0 Å². The van der Waals surface area contributed by atoms with Crippen LogP contribution >= 0.6 is 27.3 Å². The van der Waals surface area contributed by atoms with Gasteiger partial charge in [-0.25, -0.2) is 0 Å². The van der Waals surface area contributed by atoms with Gasteiger partial charge in [0.25, 0.3) is 0 Å². The first kappa shape index (κ1) is 14.3. The lowest BCUT2D eigenvalue weighted by molar-refractivity contribution is -0.207. The van der Waals surface area contributed by atoms with E-state index in [2.05, 4.69) is 15.9 Å². The van der Waals surface area contributed by atoms with Crippen LogP contribution in [0.5, 0.6) is 0 Å². The molecule has 1 aromatic heterocycles. The monoisotopic (exact) mass is 342 g/mol. The van der Waals surface area contributed by atoms with Crippen molar-refractivity contribution in [3.8, 4) is 0 Å². The third-order valence-electron chi connectivity index (χ3n) is 3.61. The molecule has 0 bridgehead atoms. The van der Waals surface area contributed by atoms with Crippen LogP contribution in [0, 0.1) is 11.8 Å². The number of halogens is 4. The maximum Gasteiger partial charge on any atom is 0.392 e. The molecule has 0 aromatic carbocycles. The van der Waals surface area contributed by atoms with Gasteiger partial charge in [0.05, 0.1) is 12.0 Å². The van der Waals surface area contributed by atoms with E-state index < -0.39 is 24.1 Å². The Morgan fingerprint density at radius 2 is 1.94 bits per heavy atom. The van der Waals surface area contributed by atoms with Gasteiger partial charge in [-0.05, 0) is 34.2 Å². The first-order valence-corrected chi connectivity index (χ1v) is 7.61. The highest BCUT2D eigenvalue weighted by molar-refractivity contribution is 9.10. The van der Waals surface area contributed by atoms with Crippen molar-refractivity contribution in [2.75, 3.05) is 0 Å². The Kier molecular flexibility index (Phi) is 4.39. The molecule has 1 N–H and O–H groups in total. The van der Waals surface area contributed by atoms with Gasteiger partial charge in [-0.1, -0.05) is 12.8 Å². The Labute approximate surface area is 116 Å². The minimum Gasteiger partial charge on any atom is -0.388 e. The maximum absolute atomic E-state index is 13.0. The van der Waals surface area contributed by atoms with Gasteiger partial charge in [0.15, 0.2) is 0 Å². The second-order valence-electron chi connectivity index (χ2n) is 4.72. The minimum atomic E-state index is -4.21. The molecule has 18 heavy (non-hydrogen) atoms. The molecule has 0 aliphatic heterocycles. The quantitative estimate of drug-likeness (QED) is 0.809. The van der Waals surface area contributed by atoms with Crippen molar-refractivity contribution in [2.24, 2.45) is 11.8 Å². The van der Waals surface area contributed by atoms with Gasteiger partial charge in [-0.3, -0.25) is 0 Å². The Morgan fingerprint density at radius 3 is 2.50 bits per heavy atom. The molecule has 1 aliphatic carbocycles. The lowest BCUT2D eigenvalue weighted by Crippen LogP contribution is -2.36. The summed E-state index contributed by atoms with van der Waals surface area (Å²) in [6.07, 6.45) is -3.32. The molecule has 1 fully saturated rings. The molecule has 1 saturated carbocycles. The molecule has 2 rings (SSSR count). The maximum atomic E-state index is 13.0. The van der Waals surface area contributed by atoms with Crippen LogP contribution in [0.4, 0.5) is 13.2 Å². The number of hydrogen-bond donors (Lipinski definition) is 1. The lowest BCUT2D eigenvalue weighted by Gasteiger charge is -2.35. The van der Waals surface area contributed by atoms with E-state index in [-0.39, 0.29) is 6.42 Å². The molecular formula is C12H14BrF3OS. The van der Waals surface area contributed by atoms with Crippen LogP contribution < -0.4 is 0 Å². The van der Waals surface area contributed by atoms with Crippen LogP contribution in [-0.4, -0.2) is 11.3 Å². The van der Waals surface area contributed by atoms with Gasteiger partial charge in [0.1, 0.15) is 0 Å². The highest BCUT2D eigenvalue weighted by Gasteiger charge is 2.48. The molecule has 0 amide bonds. The summed E-state index contributed by atoms with van der Waals surface area (Å²) in [6.45, 7) is 0. The zero-order chi connectivity index (χ0) is 13.3. The summed E-state index contributed by atoms with van der Waals surface area (Å²) in [7, 11) is 0. The third kappa shape index (κ3) is 2.91. The van der Waals surface area contributed by atoms with Gasteiger partial charge in [-0.2, -0.15) is 24.5 Å². The van der Waals surface area contributed by atoms with Crippen molar-refractivity contribution in [1.82, 2.24) is 0 Å². The van der Waals surface area contributed by atoms with Gasteiger partial charge in [-0.15, -0.1) is 0 Å². The van der Waals surface area contributed by atoms with E-state index in [1.54, 1.807) is 10.8 Å². The predicted molar refractivity (Wildman–Crippen MR) is 68.5 cm³/mol. The number of rotatable bonds is 2. The molecule has 1 aliphatic rings. The Hall–Kier alpha value is -0.0700. The standard InChI is InChI=1S/C12H14BrF3OS/c13-10-6-18-5-8(10)11(17)7-3-1-2-4-9(7)12(14,15)16/h5-7,9,11,17H,1-4H2. The first-order valence-electron chi connectivity index (χ1n) is 5.87. The third-order valence-corrected chi connectivity index (χ3v) is 5.36. The van der Waals surface area contributed by atoms with Crippen molar-refractivity contribution < 1.29 is 18.3 Å². The van der Waals surface area contributed by atoms with Gasteiger partial charge in [0, 0.05) is 21.3 Å². The molecule has 1 aromatic rings. The van der Waals surface area contributed by atoms with Crippen LogP contribution in [0.15, 0.2) is 15.2 Å². The second-order valence-corrected chi connectivity index (χ2v) is 6.31. The summed E-state index contributed by atoms with van der Waals surface area (Å²) < 4.78 is 39.6. The smallest absolute Gasteiger partial charge is 0.388 e. The van der Waals surface area contributed by atoms with Gasteiger partial charge < -0.3 is 5.11 Å². The molecule has 6 heteroatoms. The van der Waals surface area contributed by atoms with Gasteiger partial charge in [0.2, 0.25) is 0 Å². The number of hydrogen-bond acceptors (Lipinski definition) is 2. The van der Waals surface area contributed by atoms with Crippen molar-refractivity contribution in [3.63, 3.8) is 0 Å². The number of alkyl halides is 3. The molecule has 102 valence electrons. The Balaban J connectivity index is 2.22. The zero-order valence-corrected chi connectivity index (χ0v) is 12.0. The molecule has 3 unspecified atom stereocenters. The van der Waals surface area contributed by atoms with Crippen molar-refractivity contribution in [2.45, 2.75) is 38.0 Å². The van der Waals surface area contributed by atoms with Crippen molar-refractivity contribution >= 4 is 27.3 Å². The largest absolute Gasteiger partial charge is 0.392 e. The van der Waals surface area contributed by atoms with Crippen molar-refractivity contribution in [1.29, 1.82) is 0 Å². The predicted octanol–water partition coefficient (Wildman–Crippen LogP) is 4.91. The van der Waals surface area contributed by atoms with E-state index in [9.17, 15) is 18.3 Å². The molecular weight excluding hydrogens is 329 g/mol. The summed E-state index contributed by atoms with van der Waals surface area (Å²) in [5, 5.41) is 13.7. The van der Waals surface area contributed by atoms with E-state index in [0.717, 1.165) is 6.42 Å². The van der Waals surface area contributed by atoms with E-state index in [1.165, 1.54) is 11.3 Å². The highest BCUT2D eigenvalue weighted by atomic mass is 79.9. The topological polar surface area (TPSA) is 20.2 Å². The summed E-state index contributed by atoms with van der Waals surface area (Å²) in [4.78, 5) is 0. The number of thiophene rings is 1. The van der Waals surface area contributed by atoms with Crippen LogP contribution in [-0.2, 0) is 0 Å². The molecule has 0 spiro atoms. The summed E-state index contributed by atoms with van der Waals surface area (Å²) in [5.41, 5.74) is 0.584. The SMILES string of the molecule is OC(c1cscc1Br)C1CCCCC1C(F)(F)F. The molecule has 1 nitrogen and oxygen atoms in total. The number of aliphatic hydroxyl groups excluding tert-OH is 1. The van der Waals surface area contributed by atoms with E-state index in [1.807, 2.05) is 0 Å². The fraction of sp³-hybridized carbons (Fsp3) is 0.667. The molecule has 0 saturated heterocycles. The van der Waals surface area contributed by atoms with Crippen LogP contribution in [0.1, 0.15) is 37.4 Å². The van der Waals surface area contributed by atoms with E-state index >= 15 is 0 Å². The first-order chi connectivity index (χ1) is 8.41. The van der Waals surface area contributed by atoms with E-state index in [0.29, 0.717) is 22.9 Å². The number of aliphatic hydroxyl groups is 1. The van der Waals surface area contributed by atoms with Crippen LogP contribution in [0.3, 0.4) is 0 Å². The molecule has 1 heterocycles. The molecule has 0 radical (unpaired) electrons. The molecule has 3 atom stereocenters. The lowest BCUT2D eigenvalue weighted by atomic mass is 9.74. The van der Waals surface area contributed by atoms with E-state index in [4.69, 9.17) is 0 Å².